The zero-order chi connectivity index (χ0) is 36.5. The molecule has 0 saturated heterocycles. The normalized spacial score (nSPS) is 24.3. The maximum absolute atomic E-state index is 12.5. The van der Waals surface area contributed by atoms with Crippen LogP contribution in [0.15, 0.2) is 0 Å². The molecule has 49 heavy (non-hydrogen) atoms. The fraction of sp³-hybridized carbons (Fsp3) is 0.943. The summed E-state index contributed by atoms with van der Waals surface area (Å²) in [6.45, 7) is 2.20. The average Bonchev–Trinajstić information content (AvgIpc) is 3.06. The lowest BCUT2D eigenvalue weighted by atomic mass is 9.85. The number of aliphatic hydroxyl groups is 5. The van der Waals surface area contributed by atoms with Crippen LogP contribution in [0.5, 0.6) is 0 Å². The molecule has 6 unspecified atom stereocenters. The van der Waals surface area contributed by atoms with Crippen molar-refractivity contribution in [3.8, 4) is 0 Å². The molecule has 0 radical (unpaired) electrons. The first-order chi connectivity index (χ1) is 23.4. The molecule has 0 aromatic rings. The van der Waals surface area contributed by atoms with E-state index in [0.717, 1.165) is 26.2 Å². The van der Waals surface area contributed by atoms with Crippen LogP contribution in [0.2, 0.25) is 0 Å². The van der Waals surface area contributed by atoms with Crippen molar-refractivity contribution in [3.63, 3.8) is 0 Å². The maximum atomic E-state index is 12.5. The van der Waals surface area contributed by atoms with Crippen LogP contribution in [0.1, 0.15) is 155 Å². The second-order valence-corrected chi connectivity index (χ2v) is 14.9. The van der Waals surface area contributed by atoms with Gasteiger partial charge in [-0.15, -0.1) is 0 Å². The van der Waals surface area contributed by atoms with E-state index in [2.05, 4.69) is 6.92 Å². The van der Waals surface area contributed by atoms with Crippen molar-refractivity contribution in [3.05, 3.63) is 0 Å². The monoisotopic (exact) mass is 726 g/mol. The Labute approximate surface area is 293 Å². The predicted octanol–water partition coefficient (Wildman–Crippen LogP) is 5.38. The van der Waals surface area contributed by atoms with Gasteiger partial charge in [-0.1, -0.05) is 135 Å². The number of aliphatic hydroxyl groups excluding tert-OH is 5. The van der Waals surface area contributed by atoms with E-state index in [0.29, 0.717) is 6.42 Å². The number of hydrogen-bond acceptors (Lipinski definition) is 12. The molecule has 0 heterocycles. The van der Waals surface area contributed by atoms with Crippen molar-refractivity contribution >= 4 is 19.8 Å². The Morgan fingerprint density at radius 2 is 0.959 bits per heavy atom. The molecule has 0 amide bonds. The molecule has 6 atom stereocenters. The van der Waals surface area contributed by atoms with Crippen molar-refractivity contribution in [2.75, 3.05) is 13.2 Å². The molecule has 1 fully saturated rings. The lowest BCUT2D eigenvalue weighted by molar-refractivity contribution is -0.220. The van der Waals surface area contributed by atoms with Gasteiger partial charge in [0, 0.05) is 13.3 Å². The SMILES string of the molecule is CCCCCCCCCCCCCCCCCCCCCCCC(=O)OC(COC(C)=O)COP(=O)(O)OC1C(O)C(O)C(O)C(O)C1O. The highest BCUT2D eigenvalue weighted by Crippen LogP contribution is 2.47. The number of phosphoric acid groups is 1. The summed E-state index contributed by atoms with van der Waals surface area (Å²) in [5.74, 6) is -1.28. The number of rotatable bonds is 30. The number of unbranched alkanes of at least 4 members (excludes halogenated alkanes) is 20. The lowest BCUT2D eigenvalue weighted by Gasteiger charge is -2.41. The highest BCUT2D eigenvalue weighted by Gasteiger charge is 2.51. The second-order valence-electron chi connectivity index (χ2n) is 13.5. The molecule has 0 bridgehead atoms. The minimum Gasteiger partial charge on any atom is -0.462 e. The zero-order valence-electron chi connectivity index (χ0n) is 30.0. The molecule has 6 N–H and O–H groups in total. The van der Waals surface area contributed by atoms with Crippen LogP contribution < -0.4 is 0 Å². The van der Waals surface area contributed by atoms with Gasteiger partial charge in [0.1, 0.15) is 43.2 Å². The number of phosphoric ester groups is 1. The molecule has 290 valence electrons. The first-order valence-electron chi connectivity index (χ1n) is 18.8. The molecule has 13 nitrogen and oxygen atoms in total. The second kappa shape index (κ2) is 27.5. The summed E-state index contributed by atoms with van der Waals surface area (Å²) < 4.78 is 32.2. The summed E-state index contributed by atoms with van der Waals surface area (Å²) in [7, 11) is -5.07. The van der Waals surface area contributed by atoms with E-state index >= 15 is 0 Å². The minimum atomic E-state index is -5.07. The average molecular weight is 727 g/mol. The zero-order valence-corrected chi connectivity index (χ0v) is 30.9. The van der Waals surface area contributed by atoms with Gasteiger partial charge in [0.25, 0.3) is 0 Å². The number of hydrogen-bond donors (Lipinski definition) is 6. The summed E-state index contributed by atoms with van der Waals surface area (Å²) in [6, 6.07) is 0. The number of esters is 2. The van der Waals surface area contributed by atoms with Gasteiger partial charge < -0.3 is 39.9 Å². The van der Waals surface area contributed by atoms with E-state index in [9.17, 15) is 44.6 Å². The number of carbonyl (C=O) groups is 2. The van der Waals surface area contributed by atoms with Gasteiger partial charge in [-0.25, -0.2) is 4.57 Å². The number of carbonyl (C=O) groups excluding carboxylic acids is 2. The Hall–Kier alpha value is -1.15. The van der Waals surface area contributed by atoms with Gasteiger partial charge in [0.2, 0.25) is 0 Å². The molecule has 1 aliphatic rings. The summed E-state index contributed by atoms with van der Waals surface area (Å²) in [5, 5.41) is 49.3. The Bertz CT molecular complexity index is 891. The molecule has 0 aromatic heterocycles. The van der Waals surface area contributed by atoms with E-state index < -0.39 is 75.7 Å². The summed E-state index contributed by atoms with van der Waals surface area (Å²) in [5.41, 5.74) is 0. The Morgan fingerprint density at radius 3 is 1.35 bits per heavy atom. The van der Waals surface area contributed by atoms with Gasteiger partial charge in [-0.3, -0.25) is 18.6 Å². The standard InChI is InChI=1S/C35H67O13P/c1-3-4-5-6-7-8-9-10-11-12-13-14-15-16-17-18-19-20-21-22-23-24-29(37)47-28(25-45-27(2)36)26-46-49(43,44)48-35-33(41)31(39)30(38)32(40)34(35)42/h28,30-35,38-42H,3-26H2,1-2H3,(H,43,44). The van der Waals surface area contributed by atoms with Crippen LogP contribution in [0.4, 0.5) is 0 Å². The molecular weight excluding hydrogens is 659 g/mol. The minimum absolute atomic E-state index is 0.0987. The van der Waals surface area contributed by atoms with Crippen LogP contribution in [0.25, 0.3) is 0 Å². The van der Waals surface area contributed by atoms with E-state index in [1.54, 1.807) is 0 Å². The molecule has 1 rings (SSSR count). The van der Waals surface area contributed by atoms with Crippen LogP contribution in [0.3, 0.4) is 0 Å². The Balaban J connectivity index is 2.15. The molecular formula is C35H67O13P. The van der Waals surface area contributed by atoms with Crippen LogP contribution in [-0.2, 0) is 32.7 Å². The molecule has 1 saturated carbocycles. The van der Waals surface area contributed by atoms with Crippen LogP contribution in [0, 0.1) is 0 Å². The first kappa shape index (κ1) is 45.9. The van der Waals surface area contributed by atoms with Crippen molar-refractivity contribution < 1.29 is 63.1 Å². The maximum Gasteiger partial charge on any atom is 0.472 e. The highest BCUT2D eigenvalue weighted by molar-refractivity contribution is 7.47. The van der Waals surface area contributed by atoms with Crippen molar-refractivity contribution in [2.45, 2.75) is 198 Å². The fourth-order valence-corrected chi connectivity index (χ4v) is 6.93. The third-order valence-electron chi connectivity index (χ3n) is 9.01. The fourth-order valence-electron chi connectivity index (χ4n) is 5.96. The van der Waals surface area contributed by atoms with Crippen molar-refractivity contribution in [2.24, 2.45) is 0 Å². The first-order valence-corrected chi connectivity index (χ1v) is 20.3. The topological polar surface area (TPSA) is 210 Å². The van der Waals surface area contributed by atoms with Crippen molar-refractivity contribution in [1.82, 2.24) is 0 Å². The van der Waals surface area contributed by atoms with Gasteiger partial charge in [0.05, 0.1) is 6.61 Å². The summed E-state index contributed by atoms with van der Waals surface area (Å²) in [6.07, 6.45) is 13.3. The van der Waals surface area contributed by atoms with Gasteiger partial charge in [-0.05, 0) is 6.42 Å². The Kier molecular flexibility index (Phi) is 25.7. The third kappa shape index (κ3) is 21.7. The third-order valence-corrected chi connectivity index (χ3v) is 9.99. The summed E-state index contributed by atoms with van der Waals surface area (Å²) in [4.78, 5) is 33.8. The molecule has 0 spiro atoms. The van der Waals surface area contributed by atoms with Gasteiger partial charge >= 0.3 is 19.8 Å². The molecule has 0 aromatic carbocycles. The van der Waals surface area contributed by atoms with E-state index in [1.165, 1.54) is 109 Å². The largest absolute Gasteiger partial charge is 0.472 e. The smallest absolute Gasteiger partial charge is 0.462 e. The van der Waals surface area contributed by atoms with E-state index in [4.69, 9.17) is 18.5 Å². The highest BCUT2D eigenvalue weighted by atomic mass is 31.2. The van der Waals surface area contributed by atoms with Gasteiger partial charge in [-0.2, -0.15) is 0 Å². The van der Waals surface area contributed by atoms with E-state index in [-0.39, 0.29) is 6.42 Å². The number of ether oxygens (including phenoxy) is 2. The molecule has 0 aliphatic heterocycles. The summed E-state index contributed by atoms with van der Waals surface area (Å²) >= 11 is 0. The molecule has 1 aliphatic carbocycles. The van der Waals surface area contributed by atoms with Crippen LogP contribution in [-0.4, -0.2) is 98.3 Å². The van der Waals surface area contributed by atoms with Gasteiger partial charge in [0.15, 0.2) is 6.10 Å². The lowest BCUT2D eigenvalue weighted by Crippen LogP contribution is -2.64. The van der Waals surface area contributed by atoms with E-state index in [1.807, 2.05) is 0 Å². The van der Waals surface area contributed by atoms with Crippen LogP contribution >= 0.6 is 7.82 Å². The predicted molar refractivity (Wildman–Crippen MR) is 184 cm³/mol. The Morgan fingerprint density at radius 1 is 0.592 bits per heavy atom. The quantitative estimate of drug-likeness (QED) is 0.0312. The van der Waals surface area contributed by atoms with Crippen molar-refractivity contribution in [1.29, 1.82) is 0 Å². The molecule has 14 heteroatoms.